The van der Waals surface area contributed by atoms with E-state index in [0.29, 0.717) is 17.5 Å². The van der Waals surface area contributed by atoms with E-state index in [9.17, 15) is 0 Å². The van der Waals surface area contributed by atoms with Crippen molar-refractivity contribution in [3.05, 3.63) is 218 Å². The van der Waals surface area contributed by atoms with Crippen LogP contribution in [0.4, 0.5) is 0 Å². The lowest BCUT2D eigenvalue weighted by molar-refractivity contribution is 1.07. The van der Waals surface area contributed by atoms with E-state index in [0.717, 1.165) is 72.5 Å². The van der Waals surface area contributed by atoms with Gasteiger partial charge in [0.05, 0.1) is 5.69 Å². The van der Waals surface area contributed by atoms with Crippen LogP contribution in [0.1, 0.15) is 5.56 Å². The van der Waals surface area contributed by atoms with Gasteiger partial charge in [0.15, 0.2) is 17.5 Å². The number of benzene rings is 8. The lowest BCUT2D eigenvalue weighted by Gasteiger charge is -2.13. The molecule has 0 aliphatic rings. The van der Waals surface area contributed by atoms with Crippen LogP contribution >= 0.6 is 0 Å². The van der Waals surface area contributed by atoms with E-state index in [2.05, 4.69) is 201 Å². The SMILES string of the molecule is Cc1ccc(-c2cc(-c3ccc(-c4ccc5ccccc5c4)nc3)cc(-c3nc(-c4ccc(-c5ccccc5)cc4)nc(-c4ccc(-c5ccccc5)cc4)n3)c2)cc1. The predicted octanol–water partition coefficient (Wildman–Crippen LogP) is 14.1. The Morgan fingerprint density at radius 2 is 0.678 bits per heavy atom. The molecule has 4 nitrogen and oxygen atoms in total. The minimum atomic E-state index is 0.597. The molecule has 2 heterocycles. The lowest BCUT2D eigenvalue weighted by atomic mass is 9.95. The molecule has 10 aromatic rings. The van der Waals surface area contributed by atoms with E-state index in [1.807, 2.05) is 18.3 Å². The fourth-order valence-electron chi connectivity index (χ4n) is 7.57. The molecule has 0 radical (unpaired) electrons. The molecular weight excluding hydrogens is 717 g/mol. The van der Waals surface area contributed by atoms with Crippen LogP contribution in [0.3, 0.4) is 0 Å². The second-order valence-electron chi connectivity index (χ2n) is 14.9. The van der Waals surface area contributed by atoms with E-state index in [-0.39, 0.29) is 0 Å². The number of fused-ring (bicyclic) bond motifs is 1. The molecule has 0 aliphatic carbocycles. The molecule has 59 heavy (non-hydrogen) atoms. The molecule has 0 atom stereocenters. The summed E-state index contributed by atoms with van der Waals surface area (Å²) >= 11 is 0. The first-order valence-corrected chi connectivity index (χ1v) is 19.9. The molecule has 278 valence electrons. The van der Waals surface area contributed by atoms with Gasteiger partial charge in [0.25, 0.3) is 0 Å². The molecule has 0 spiro atoms. The van der Waals surface area contributed by atoms with Crippen LogP contribution in [-0.4, -0.2) is 19.9 Å². The minimum Gasteiger partial charge on any atom is -0.256 e. The van der Waals surface area contributed by atoms with Crippen molar-refractivity contribution in [3.63, 3.8) is 0 Å². The number of pyridine rings is 1. The first-order valence-electron chi connectivity index (χ1n) is 19.9. The Morgan fingerprint density at radius 1 is 0.271 bits per heavy atom. The highest BCUT2D eigenvalue weighted by molar-refractivity contribution is 5.87. The lowest BCUT2D eigenvalue weighted by Crippen LogP contribution is -2.01. The second kappa shape index (κ2) is 15.6. The third-order valence-corrected chi connectivity index (χ3v) is 10.9. The molecule has 0 unspecified atom stereocenters. The monoisotopic (exact) mass is 754 g/mol. The van der Waals surface area contributed by atoms with Gasteiger partial charge in [-0.25, -0.2) is 15.0 Å². The molecule has 0 amide bonds. The Balaban J connectivity index is 1.09. The molecule has 8 aromatic carbocycles. The fourth-order valence-corrected chi connectivity index (χ4v) is 7.57. The third kappa shape index (κ3) is 7.55. The highest BCUT2D eigenvalue weighted by Crippen LogP contribution is 2.35. The minimum absolute atomic E-state index is 0.597. The maximum atomic E-state index is 5.19. The van der Waals surface area contributed by atoms with Gasteiger partial charge in [-0.05, 0) is 87.0 Å². The molecule has 0 fully saturated rings. The number of hydrogen-bond acceptors (Lipinski definition) is 4. The van der Waals surface area contributed by atoms with Crippen molar-refractivity contribution in [1.29, 1.82) is 0 Å². The van der Waals surface area contributed by atoms with Crippen molar-refractivity contribution >= 4 is 10.8 Å². The van der Waals surface area contributed by atoms with Crippen LogP contribution < -0.4 is 0 Å². The van der Waals surface area contributed by atoms with Crippen molar-refractivity contribution in [2.75, 3.05) is 0 Å². The number of aromatic nitrogens is 4. The Kier molecular flexibility index (Phi) is 9.41. The maximum absolute atomic E-state index is 5.19. The summed E-state index contributed by atoms with van der Waals surface area (Å²) < 4.78 is 0. The van der Waals surface area contributed by atoms with E-state index < -0.39 is 0 Å². The quantitative estimate of drug-likeness (QED) is 0.155. The van der Waals surface area contributed by atoms with Gasteiger partial charge in [-0.3, -0.25) is 4.98 Å². The van der Waals surface area contributed by atoms with Gasteiger partial charge in [0, 0.05) is 34.0 Å². The molecular formula is C55H38N4. The van der Waals surface area contributed by atoms with Crippen molar-refractivity contribution in [1.82, 2.24) is 19.9 Å². The average molecular weight is 755 g/mol. The number of hydrogen-bond donors (Lipinski definition) is 0. The Labute approximate surface area is 344 Å². The summed E-state index contributed by atoms with van der Waals surface area (Å²) in [4.78, 5) is 20.5. The third-order valence-electron chi connectivity index (χ3n) is 10.9. The summed E-state index contributed by atoms with van der Waals surface area (Å²) in [6, 6.07) is 72.1. The van der Waals surface area contributed by atoms with Crippen LogP contribution in [0.15, 0.2) is 212 Å². The number of nitrogens with zero attached hydrogens (tertiary/aromatic N) is 4. The van der Waals surface area contributed by atoms with Crippen LogP contribution in [0.5, 0.6) is 0 Å². The predicted molar refractivity (Wildman–Crippen MR) is 243 cm³/mol. The van der Waals surface area contributed by atoms with Crippen LogP contribution in [0.2, 0.25) is 0 Å². The van der Waals surface area contributed by atoms with Gasteiger partial charge in [0.1, 0.15) is 0 Å². The van der Waals surface area contributed by atoms with Gasteiger partial charge in [0.2, 0.25) is 0 Å². The van der Waals surface area contributed by atoms with Gasteiger partial charge >= 0.3 is 0 Å². The first kappa shape index (κ1) is 35.6. The van der Waals surface area contributed by atoms with Crippen molar-refractivity contribution in [2.45, 2.75) is 6.92 Å². The molecule has 0 aliphatic heterocycles. The summed E-state index contributed by atoms with van der Waals surface area (Å²) in [7, 11) is 0. The highest BCUT2D eigenvalue weighted by Gasteiger charge is 2.16. The van der Waals surface area contributed by atoms with Crippen molar-refractivity contribution < 1.29 is 0 Å². The van der Waals surface area contributed by atoms with Crippen molar-refractivity contribution in [3.8, 4) is 89.9 Å². The molecule has 10 rings (SSSR count). The zero-order valence-corrected chi connectivity index (χ0v) is 32.5. The van der Waals surface area contributed by atoms with Gasteiger partial charge < -0.3 is 0 Å². The van der Waals surface area contributed by atoms with Gasteiger partial charge in [-0.15, -0.1) is 0 Å². The summed E-state index contributed by atoms with van der Waals surface area (Å²) in [5, 5.41) is 2.41. The molecule has 4 heteroatoms. The Morgan fingerprint density at radius 3 is 1.24 bits per heavy atom. The van der Waals surface area contributed by atoms with Crippen LogP contribution in [0.25, 0.3) is 101 Å². The topological polar surface area (TPSA) is 51.6 Å². The molecule has 0 saturated heterocycles. The molecule has 0 saturated carbocycles. The molecule has 0 bridgehead atoms. The highest BCUT2D eigenvalue weighted by atomic mass is 15.0. The van der Waals surface area contributed by atoms with Gasteiger partial charge in [-0.1, -0.05) is 181 Å². The number of rotatable bonds is 8. The fraction of sp³-hybridized carbons (Fsp3) is 0.0182. The first-order chi connectivity index (χ1) is 29.1. The average Bonchev–Trinajstić information content (AvgIpc) is 3.32. The summed E-state index contributed by atoms with van der Waals surface area (Å²) in [5.41, 5.74) is 14.8. The standard InChI is InChI=1S/C55H38N4/c1-37-16-18-43(19-17-37)49-33-50(48-30-31-52(56-36-48)47-29-24-40-14-8-9-15-46(40)32-47)35-51(34-49)55-58-53(44-25-20-41(21-26-44)38-10-4-2-5-11-38)57-54(59-55)45-27-22-42(23-28-45)39-12-6-3-7-13-39/h2-36H,1H3. The maximum Gasteiger partial charge on any atom is 0.164 e. The van der Waals surface area contributed by atoms with Gasteiger partial charge in [-0.2, -0.15) is 0 Å². The van der Waals surface area contributed by atoms with Crippen LogP contribution in [-0.2, 0) is 0 Å². The summed E-state index contributed by atoms with van der Waals surface area (Å²) in [5.74, 6) is 1.82. The second-order valence-corrected chi connectivity index (χ2v) is 14.9. The normalized spacial score (nSPS) is 11.1. The smallest absolute Gasteiger partial charge is 0.164 e. The van der Waals surface area contributed by atoms with Crippen LogP contribution in [0, 0.1) is 6.92 Å². The zero-order valence-electron chi connectivity index (χ0n) is 32.5. The largest absolute Gasteiger partial charge is 0.256 e. The molecule has 2 aromatic heterocycles. The number of aryl methyl sites for hydroxylation is 1. The Hall–Kier alpha value is -7.82. The Bertz CT molecular complexity index is 2950. The van der Waals surface area contributed by atoms with E-state index in [4.69, 9.17) is 19.9 Å². The summed E-state index contributed by atoms with van der Waals surface area (Å²) in [6.07, 6.45) is 1.97. The van der Waals surface area contributed by atoms with E-state index in [1.54, 1.807) is 0 Å². The van der Waals surface area contributed by atoms with E-state index >= 15 is 0 Å². The zero-order chi connectivity index (χ0) is 39.5. The molecule has 0 N–H and O–H groups in total. The summed E-state index contributed by atoms with van der Waals surface area (Å²) in [6.45, 7) is 2.11. The van der Waals surface area contributed by atoms with E-state index in [1.165, 1.54) is 16.3 Å². The van der Waals surface area contributed by atoms with Crippen molar-refractivity contribution in [2.24, 2.45) is 0 Å².